The van der Waals surface area contributed by atoms with Crippen LogP contribution in [0.3, 0.4) is 0 Å². The molecule has 3 aromatic carbocycles. The van der Waals surface area contributed by atoms with Gasteiger partial charge in [-0.15, -0.1) is 0 Å². The van der Waals surface area contributed by atoms with Gasteiger partial charge < -0.3 is 0 Å². The first-order valence-corrected chi connectivity index (χ1v) is 10.3. The number of halogens is 1. The molecular weight excluding hydrogens is 348 g/mol. The maximum atomic E-state index is 6.39. The Morgan fingerprint density at radius 1 is 0.593 bits per heavy atom. The van der Waals surface area contributed by atoms with Gasteiger partial charge in [0.05, 0.1) is 0 Å². The van der Waals surface area contributed by atoms with Gasteiger partial charge in [0.25, 0.3) is 0 Å². The second-order valence-corrected chi connectivity index (χ2v) is 7.92. The van der Waals surface area contributed by atoms with E-state index in [0.29, 0.717) is 0 Å². The maximum Gasteiger partial charge on any atom is 0.0440 e. The van der Waals surface area contributed by atoms with Crippen LogP contribution in [-0.4, -0.2) is 0 Å². The Bertz CT molecular complexity index is 937. The number of aryl methyl sites for hydroxylation is 4. The third-order valence-electron chi connectivity index (χ3n) is 5.51. The molecule has 0 bridgehead atoms. The van der Waals surface area contributed by atoms with Gasteiger partial charge in [-0.1, -0.05) is 74.0 Å². The lowest BCUT2D eigenvalue weighted by molar-refractivity contribution is 1.08. The molecule has 0 aliphatic rings. The van der Waals surface area contributed by atoms with Crippen molar-refractivity contribution in [2.45, 2.75) is 53.4 Å². The average Bonchev–Trinajstić information content (AvgIpc) is 2.65. The van der Waals surface area contributed by atoms with Crippen LogP contribution in [0.5, 0.6) is 0 Å². The topological polar surface area (TPSA) is 0 Å². The normalized spacial score (nSPS) is 11.0. The molecule has 3 aromatic rings. The van der Waals surface area contributed by atoms with Gasteiger partial charge in [0.15, 0.2) is 0 Å². The van der Waals surface area contributed by atoms with Crippen molar-refractivity contribution in [3.05, 3.63) is 104 Å². The molecule has 27 heavy (non-hydrogen) atoms. The molecule has 1 heteroatoms. The second kappa shape index (κ2) is 8.76. The Kier molecular flexibility index (Phi) is 6.39. The van der Waals surface area contributed by atoms with E-state index >= 15 is 0 Å². The number of benzene rings is 3. The maximum absolute atomic E-state index is 6.39. The van der Waals surface area contributed by atoms with E-state index in [9.17, 15) is 0 Å². The van der Waals surface area contributed by atoms with Gasteiger partial charge in [-0.25, -0.2) is 0 Å². The summed E-state index contributed by atoms with van der Waals surface area (Å²) < 4.78 is 0. The summed E-state index contributed by atoms with van der Waals surface area (Å²) in [5, 5.41) is 0.885. The standard InChI is InChI=1S/C26H29Cl/c1-5-20-7-11-24(18(3)13-20)15-21-9-12-25(19(4)14-21)16-22-8-10-23(6-2)26(27)17-22/h7-14,17H,5-6,15-16H2,1-4H3. The molecule has 0 radical (unpaired) electrons. The molecule has 0 amide bonds. The van der Waals surface area contributed by atoms with Crippen molar-refractivity contribution in [2.24, 2.45) is 0 Å². The van der Waals surface area contributed by atoms with Gasteiger partial charge in [0.2, 0.25) is 0 Å². The first-order chi connectivity index (χ1) is 13.0. The quantitative estimate of drug-likeness (QED) is 0.424. The largest absolute Gasteiger partial charge is 0.0840 e. The molecule has 140 valence electrons. The Morgan fingerprint density at radius 2 is 1.07 bits per heavy atom. The fourth-order valence-corrected chi connectivity index (χ4v) is 4.01. The van der Waals surface area contributed by atoms with Crippen LogP contribution in [-0.2, 0) is 25.7 Å². The summed E-state index contributed by atoms with van der Waals surface area (Å²) >= 11 is 6.39. The Hall–Kier alpha value is -2.05. The lowest BCUT2D eigenvalue weighted by atomic mass is 9.94. The molecule has 0 heterocycles. The molecule has 0 fully saturated rings. The molecule has 3 rings (SSSR count). The highest BCUT2D eigenvalue weighted by Crippen LogP contribution is 2.23. The van der Waals surface area contributed by atoms with E-state index in [1.165, 1.54) is 44.5 Å². The third kappa shape index (κ3) is 4.82. The molecule has 0 spiro atoms. The molecule has 0 aliphatic carbocycles. The molecular formula is C26H29Cl. The monoisotopic (exact) mass is 376 g/mol. The molecule has 0 saturated heterocycles. The van der Waals surface area contributed by atoms with Crippen molar-refractivity contribution in [1.29, 1.82) is 0 Å². The van der Waals surface area contributed by atoms with E-state index in [4.69, 9.17) is 11.6 Å². The molecule has 0 saturated carbocycles. The van der Waals surface area contributed by atoms with Crippen molar-refractivity contribution in [1.82, 2.24) is 0 Å². The van der Waals surface area contributed by atoms with Crippen molar-refractivity contribution in [3.8, 4) is 0 Å². The average molecular weight is 377 g/mol. The third-order valence-corrected chi connectivity index (χ3v) is 5.86. The minimum atomic E-state index is 0.885. The van der Waals surface area contributed by atoms with E-state index in [0.717, 1.165) is 30.7 Å². The molecule has 0 atom stereocenters. The molecule has 0 aromatic heterocycles. The zero-order chi connectivity index (χ0) is 19.4. The molecule has 0 unspecified atom stereocenters. The van der Waals surface area contributed by atoms with Gasteiger partial charge in [-0.3, -0.25) is 0 Å². The first-order valence-electron chi connectivity index (χ1n) is 9.94. The number of hydrogen-bond acceptors (Lipinski definition) is 0. The minimum Gasteiger partial charge on any atom is -0.0840 e. The van der Waals surface area contributed by atoms with E-state index in [2.05, 4.69) is 82.3 Å². The molecule has 0 N–H and O–H groups in total. The van der Waals surface area contributed by atoms with E-state index in [-0.39, 0.29) is 0 Å². The highest BCUT2D eigenvalue weighted by molar-refractivity contribution is 6.31. The van der Waals surface area contributed by atoms with E-state index < -0.39 is 0 Å². The predicted molar refractivity (Wildman–Crippen MR) is 118 cm³/mol. The van der Waals surface area contributed by atoms with Crippen molar-refractivity contribution in [3.63, 3.8) is 0 Å². The van der Waals surface area contributed by atoms with Crippen LogP contribution in [0.2, 0.25) is 5.02 Å². The Balaban J connectivity index is 1.76. The number of hydrogen-bond donors (Lipinski definition) is 0. The lowest BCUT2D eigenvalue weighted by Gasteiger charge is -2.12. The van der Waals surface area contributed by atoms with E-state index in [1.807, 2.05) is 0 Å². The summed E-state index contributed by atoms with van der Waals surface area (Å²) in [6.45, 7) is 8.79. The Morgan fingerprint density at radius 3 is 1.56 bits per heavy atom. The summed E-state index contributed by atoms with van der Waals surface area (Å²) in [7, 11) is 0. The highest BCUT2D eigenvalue weighted by atomic mass is 35.5. The summed E-state index contributed by atoms with van der Waals surface area (Å²) in [6, 6.07) is 20.2. The minimum absolute atomic E-state index is 0.885. The highest BCUT2D eigenvalue weighted by Gasteiger charge is 2.07. The van der Waals surface area contributed by atoms with Crippen LogP contribution in [0.1, 0.15) is 58.4 Å². The van der Waals surface area contributed by atoms with Gasteiger partial charge in [0, 0.05) is 5.02 Å². The number of rotatable bonds is 6. The summed E-state index contributed by atoms with van der Waals surface area (Å²) in [6.07, 6.45) is 4.00. The van der Waals surface area contributed by atoms with Gasteiger partial charge in [-0.2, -0.15) is 0 Å². The van der Waals surface area contributed by atoms with Crippen molar-refractivity contribution >= 4 is 11.6 Å². The van der Waals surface area contributed by atoms with E-state index in [1.54, 1.807) is 0 Å². The fourth-order valence-electron chi connectivity index (χ4n) is 3.67. The summed E-state index contributed by atoms with van der Waals surface area (Å²) in [5.41, 5.74) is 10.8. The van der Waals surface area contributed by atoms with Crippen LogP contribution in [0.25, 0.3) is 0 Å². The first kappa shape index (κ1) is 19.7. The Labute approximate surface area is 169 Å². The molecule has 0 nitrogen and oxygen atoms in total. The van der Waals surface area contributed by atoms with Crippen LogP contribution in [0.15, 0.2) is 54.6 Å². The fraction of sp³-hybridized carbons (Fsp3) is 0.308. The van der Waals surface area contributed by atoms with Gasteiger partial charge in [0.1, 0.15) is 0 Å². The van der Waals surface area contributed by atoms with Crippen LogP contribution in [0.4, 0.5) is 0 Å². The zero-order valence-corrected chi connectivity index (χ0v) is 17.7. The van der Waals surface area contributed by atoms with Crippen LogP contribution >= 0.6 is 11.6 Å². The smallest absolute Gasteiger partial charge is 0.0440 e. The summed E-state index contributed by atoms with van der Waals surface area (Å²) in [5.74, 6) is 0. The van der Waals surface area contributed by atoms with Gasteiger partial charge >= 0.3 is 0 Å². The predicted octanol–water partition coefficient (Wildman–Crippen LogP) is 7.26. The SMILES string of the molecule is CCc1ccc(Cc2ccc(Cc3ccc(CC)c(Cl)c3)c(C)c2)c(C)c1. The van der Waals surface area contributed by atoms with Crippen LogP contribution < -0.4 is 0 Å². The van der Waals surface area contributed by atoms with Gasteiger partial charge in [-0.05, 0) is 90.1 Å². The lowest BCUT2D eigenvalue weighted by Crippen LogP contribution is -1.97. The van der Waals surface area contributed by atoms with Crippen LogP contribution in [0, 0.1) is 13.8 Å². The van der Waals surface area contributed by atoms with Crippen molar-refractivity contribution < 1.29 is 0 Å². The second-order valence-electron chi connectivity index (χ2n) is 7.51. The summed E-state index contributed by atoms with van der Waals surface area (Å²) in [4.78, 5) is 0. The molecule has 0 aliphatic heterocycles. The zero-order valence-electron chi connectivity index (χ0n) is 16.9. The van der Waals surface area contributed by atoms with Crippen molar-refractivity contribution in [2.75, 3.05) is 0 Å².